The first-order chi connectivity index (χ1) is 12.3. The minimum atomic E-state index is -2.33. The van der Waals surface area contributed by atoms with Crippen molar-refractivity contribution < 1.29 is 4.74 Å². The predicted molar refractivity (Wildman–Crippen MR) is 121 cm³/mol. The van der Waals surface area contributed by atoms with Crippen molar-refractivity contribution in [2.75, 3.05) is 0 Å². The van der Waals surface area contributed by atoms with Crippen molar-refractivity contribution in [2.45, 2.75) is 112 Å². The molecule has 1 aromatic heterocycles. The van der Waals surface area contributed by atoms with E-state index in [1.807, 2.05) is 0 Å². The monoisotopic (exact) mass is 488 g/mol. The van der Waals surface area contributed by atoms with E-state index in [9.17, 15) is 0 Å². The van der Waals surface area contributed by atoms with E-state index in [4.69, 9.17) is 9.84 Å². The molecule has 0 saturated heterocycles. The van der Waals surface area contributed by atoms with Gasteiger partial charge in [-0.2, -0.15) is 0 Å². The van der Waals surface area contributed by atoms with Gasteiger partial charge in [-0.15, -0.1) is 0 Å². The molecule has 0 spiro atoms. The van der Waals surface area contributed by atoms with E-state index in [1.54, 1.807) is 3.58 Å². The van der Waals surface area contributed by atoms with Gasteiger partial charge in [0.1, 0.15) is 0 Å². The summed E-state index contributed by atoms with van der Waals surface area (Å²) in [5, 5.41) is 4.72. The average Bonchev–Trinajstić information content (AvgIpc) is 3.08. The summed E-state index contributed by atoms with van der Waals surface area (Å²) in [4.78, 5) is 0. The van der Waals surface area contributed by atoms with Crippen LogP contribution in [0.5, 0.6) is 0 Å². The summed E-state index contributed by atoms with van der Waals surface area (Å²) >= 11 is -2.33. The summed E-state index contributed by atoms with van der Waals surface area (Å²) in [7, 11) is -1.25. The zero-order chi connectivity index (χ0) is 19.6. The molecular formula is C21H44N2OSiSn. The summed E-state index contributed by atoms with van der Waals surface area (Å²) < 4.78 is 14.4. The number of rotatable bonds is 14. The van der Waals surface area contributed by atoms with Crippen molar-refractivity contribution in [3.63, 3.8) is 0 Å². The van der Waals surface area contributed by atoms with Crippen LogP contribution in [0.1, 0.15) is 66.2 Å². The van der Waals surface area contributed by atoms with Gasteiger partial charge in [0.25, 0.3) is 0 Å². The Bertz CT molecular complexity index is 477. The van der Waals surface area contributed by atoms with Gasteiger partial charge in [-0.05, 0) is 0 Å². The molecule has 0 N–H and O–H groups in total. The summed E-state index contributed by atoms with van der Waals surface area (Å²) in [6.07, 6.45) is 12.8. The molecule has 1 aromatic rings. The Kier molecular flexibility index (Phi) is 11.1. The quantitative estimate of drug-likeness (QED) is 0.293. The first-order valence-electron chi connectivity index (χ1n) is 10.9. The van der Waals surface area contributed by atoms with Gasteiger partial charge in [0, 0.05) is 0 Å². The molecule has 152 valence electrons. The third-order valence-corrected chi connectivity index (χ3v) is 24.0. The van der Waals surface area contributed by atoms with Crippen LogP contribution >= 0.6 is 0 Å². The fraction of sp³-hybridized carbons (Fsp3) is 0.857. The van der Waals surface area contributed by atoms with Crippen molar-refractivity contribution in [2.24, 2.45) is 0 Å². The van der Waals surface area contributed by atoms with Crippen LogP contribution < -0.4 is 3.58 Å². The Labute approximate surface area is 168 Å². The molecular weight excluding hydrogens is 443 g/mol. The maximum atomic E-state index is 6.15. The maximum absolute atomic E-state index is 6.15. The van der Waals surface area contributed by atoms with Crippen molar-refractivity contribution >= 4 is 30.0 Å². The van der Waals surface area contributed by atoms with E-state index < -0.39 is 26.5 Å². The summed E-state index contributed by atoms with van der Waals surface area (Å²) in [5.74, 6) is 0. The average molecular weight is 487 g/mol. The molecule has 5 heteroatoms. The molecule has 0 radical (unpaired) electrons. The van der Waals surface area contributed by atoms with Crippen molar-refractivity contribution in [1.82, 2.24) is 9.78 Å². The molecule has 0 bridgehead atoms. The predicted octanol–water partition coefficient (Wildman–Crippen LogP) is 6.18. The SMILES string of the molecule is CCC[CH2][Sn]([CH2]CCC)([CH2]CCC)[c]1cnn(COC(C)[Si](C)(C)C)c1. The van der Waals surface area contributed by atoms with Gasteiger partial charge in [0.15, 0.2) is 0 Å². The summed E-state index contributed by atoms with van der Waals surface area (Å²) in [5.41, 5.74) is 0.365. The molecule has 1 rings (SSSR count). The summed E-state index contributed by atoms with van der Waals surface area (Å²) in [6.45, 7) is 17.0. The number of aromatic nitrogens is 2. The van der Waals surface area contributed by atoms with E-state index in [-0.39, 0.29) is 0 Å². The number of unbranched alkanes of at least 4 members (excludes halogenated alkanes) is 3. The normalized spacial score (nSPS) is 14.0. The van der Waals surface area contributed by atoms with Crippen LogP contribution in [0.25, 0.3) is 0 Å². The minimum absolute atomic E-state index is 0.365. The van der Waals surface area contributed by atoms with Crippen LogP contribution in [-0.2, 0) is 11.5 Å². The molecule has 1 heterocycles. The molecule has 26 heavy (non-hydrogen) atoms. The Morgan fingerprint density at radius 3 is 1.92 bits per heavy atom. The Hall–Kier alpha value is 0.186. The van der Waals surface area contributed by atoms with Crippen LogP contribution in [-0.4, -0.2) is 42.0 Å². The van der Waals surface area contributed by atoms with Crippen LogP contribution in [0.2, 0.25) is 33.0 Å². The molecule has 0 fully saturated rings. The molecule has 0 aliphatic rings. The van der Waals surface area contributed by atoms with Gasteiger partial charge < -0.3 is 0 Å². The molecule has 1 atom stereocenters. The van der Waals surface area contributed by atoms with Gasteiger partial charge >= 0.3 is 169 Å². The van der Waals surface area contributed by atoms with Crippen LogP contribution in [0.4, 0.5) is 0 Å². The Morgan fingerprint density at radius 2 is 1.50 bits per heavy atom. The molecule has 0 aliphatic carbocycles. The first kappa shape index (κ1) is 24.2. The molecule has 1 unspecified atom stereocenters. The number of hydrogen-bond acceptors (Lipinski definition) is 2. The van der Waals surface area contributed by atoms with E-state index >= 15 is 0 Å². The van der Waals surface area contributed by atoms with E-state index in [2.05, 4.69) is 64.4 Å². The molecule has 3 nitrogen and oxygen atoms in total. The van der Waals surface area contributed by atoms with Crippen LogP contribution in [0.3, 0.4) is 0 Å². The van der Waals surface area contributed by atoms with Crippen molar-refractivity contribution in [3.8, 4) is 0 Å². The third kappa shape index (κ3) is 7.66. The number of nitrogens with zero attached hydrogens (tertiary/aromatic N) is 2. The standard InChI is InChI=1S/C9H17N2OSi.3C4H9.Sn/c1-9(13(2,3)4)12-8-11-7-5-6-10-11;3*1-3-4-2;/h6-7,9H,8H2,1-4H3;3*1,3-4H2,2H3;. The second-order valence-electron chi connectivity index (χ2n) is 9.16. The van der Waals surface area contributed by atoms with E-state index in [1.165, 1.54) is 51.8 Å². The van der Waals surface area contributed by atoms with E-state index in [0.717, 1.165) is 0 Å². The number of ether oxygens (including phenoxy) is 1. The zero-order valence-electron chi connectivity index (χ0n) is 18.6. The van der Waals surface area contributed by atoms with Crippen molar-refractivity contribution in [1.29, 1.82) is 0 Å². The second-order valence-corrected chi connectivity index (χ2v) is 27.9. The van der Waals surface area contributed by atoms with Gasteiger partial charge in [-0.3, -0.25) is 0 Å². The Morgan fingerprint density at radius 1 is 1.00 bits per heavy atom. The topological polar surface area (TPSA) is 27.1 Å². The fourth-order valence-electron chi connectivity index (χ4n) is 3.50. The Balaban J connectivity index is 2.93. The second kappa shape index (κ2) is 11.9. The van der Waals surface area contributed by atoms with Gasteiger partial charge in [0.05, 0.1) is 0 Å². The van der Waals surface area contributed by atoms with Crippen LogP contribution in [0.15, 0.2) is 12.4 Å². The summed E-state index contributed by atoms with van der Waals surface area (Å²) in [6, 6.07) is 0. The molecule has 0 saturated carbocycles. The molecule has 0 aromatic carbocycles. The molecule has 0 aliphatic heterocycles. The third-order valence-electron chi connectivity index (χ3n) is 5.95. The first-order valence-corrected chi connectivity index (χ1v) is 22.0. The van der Waals surface area contributed by atoms with Gasteiger partial charge in [0.2, 0.25) is 0 Å². The van der Waals surface area contributed by atoms with Gasteiger partial charge in [-0.25, -0.2) is 0 Å². The van der Waals surface area contributed by atoms with Gasteiger partial charge in [-0.1, -0.05) is 0 Å². The van der Waals surface area contributed by atoms with Crippen molar-refractivity contribution in [3.05, 3.63) is 12.4 Å². The number of hydrogen-bond donors (Lipinski definition) is 0. The molecule has 0 amide bonds. The fourth-order valence-corrected chi connectivity index (χ4v) is 19.7. The van der Waals surface area contributed by atoms with E-state index in [0.29, 0.717) is 12.5 Å². The van der Waals surface area contributed by atoms with Crippen LogP contribution in [0, 0.1) is 0 Å². The zero-order valence-corrected chi connectivity index (χ0v) is 22.5.